The summed E-state index contributed by atoms with van der Waals surface area (Å²) in [4.78, 5) is 53.5. The van der Waals surface area contributed by atoms with Crippen molar-refractivity contribution in [2.75, 3.05) is 19.6 Å². The summed E-state index contributed by atoms with van der Waals surface area (Å²) in [5.41, 5.74) is 7.91. The van der Waals surface area contributed by atoms with Crippen LogP contribution in [-0.4, -0.2) is 59.1 Å². The van der Waals surface area contributed by atoms with E-state index in [9.17, 15) is 19.2 Å². The summed E-state index contributed by atoms with van der Waals surface area (Å²) in [5, 5.41) is 2.24. The molecule has 164 valence electrons. The minimum atomic E-state index is -0.937. The monoisotopic (exact) mass is 424 g/mol. The highest BCUT2D eigenvalue weighted by molar-refractivity contribution is 6.24. The first-order valence-corrected chi connectivity index (χ1v) is 11.2. The number of nitrogens with zero attached hydrogens (tertiary/aromatic N) is 2. The highest BCUT2D eigenvalue weighted by Gasteiger charge is 2.48. The van der Waals surface area contributed by atoms with Crippen LogP contribution in [0, 0.1) is 11.3 Å². The summed E-state index contributed by atoms with van der Waals surface area (Å²) in [6.45, 7) is 3.14. The molecule has 0 radical (unpaired) electrons. The fourth-order valence-corrected chi connectivity index (χ4v) is 6.10. The molecule has 3 fully saturated rings. The summed E-state index contributed by atoms with van der Waals surface area (Å²) in [6.07, 6.45) is 5.09. The number of nitrogens with two attached hydrogens (primary N) is 1. The first kappa shape index (κ1) is 20.3. The predicted octanol–water partition coefficient (Wildman–Crippen LogP) is 1.04. The minimum Gasteiger partial charge on any atom is -0.330 e. The van der Waals surface area contributed by atoms with E-state index in [0.717, 1.165) is 30.0 Å². The number of fused-ring (bicyclic) bond motifs is 2. The summed E-state index contributed by atoms with van der Waals surface area (Å²) in [7, 11) is 0. The van der Waals surface area contributed by atoms with Gasteiger partial charge in [0.25, 0.3) is 11.8 Å². The third kappa shape index (κ3) is 3.20. The van der Waals surface area contributed by atoms with E-state index in [4.69, 9.17) is 5.73 Å². The number of rotatable bonds is 4. The molecule has 1 saturated carbocycles. The lowest BCUT2D eigenvalue weighted by Crippen LogP contribution is -2.54. The largest absolute Gasteiger partial charge is 0.330 e. The van der Waals surface area contributed by atoms with Gasteiger partial charge in [-0.3, -0.25) is 34.3 Å². The van der Waals surface area contributed by atoms with Gasteiger partial charge >= 0.3 is 0 Å². The maximum atomic E-state index is 13.3. The van der Waals surface area contributed by atoms with E-state index in [1.165, 1.54) is 19.3 Å². The molecule has 3 N–H and O–H groups in total. The van der Waals surface area contributed by atoms with Gasteiger partial charge in [0.2, 0.25) is 11.8 Å². The second-order valence-electron chi connectivity index (χ2n) is 9.47. The lowest BCUT2D eigenvalue weighted by atomic mass is 9.68. The van der Waals surface area contributed by atoms with Crippen LogP contribution in [0.3, 0.4) is 0 Å². The summed E-state index contributed by atoms with van der Waals surface area (Å²) in [6, 6.07) is 4.41. The summed E-state index contributed by atoms with van der Waals surface area (Å²) in [5.74, 6) is -1.26. The van der Waals surface area contributed by atoms with Gasteiger partial charge in [0.1, 0.15) is 6.04 Å². The fraction of sp³-hybridized carbons (Fsp3) is 0.565. The van der Waals surface area contributed by atoms with Crippen LogP contribution >= 0.6 is 0 Å². The number of amides is 4. The molecule has 5 rings (SSSR count). The second kappa shape index (κ2) is 7.53. The second-order valence-corrected chi connectivity index (χ2v) is 9.47. The van der Waals surface area contributed by atoms with E-state index in [-0.39, 0.29) is 24.2 Å². The predicted molar refractivity (Wildman–Crippen MR) is 112 cm³/mol. The maximum Gasteiger partial charge on any atom is 0.262 e. The van der Waals surface area contributed by atoms with E-state index in [0.29, 0.717) is 30.1 Å². The molecule has 31 heavy (non-hydrogen) atoms. The molecule has 8 heteroatoms. The number of benzene rings is 1. The van der Waals surface area contributed by atoms with E-state index in [2.05, 4.69) is 10.2 Å². The molecule has 3 heterocycles. The first-order valence-electron chi connectivity index (χ1n) is 11.2. The number of carbonyl (C=O) groups is 4. The van der Waals surface area contributed by atoms with Gasteiger partial charge in [-0.1, -0.05) is 25.0 Å². The Morgan fingerprint density at radius 3 is 2.68 bits per heavy atom. The van der Waals surface area contributed by atoms with Gasteiger partial charge in [-0.2, -0.15) is 0 Å². The van der Waals surface area contributed by atoms with Crippen LogP contribution in [0.4, 0.5) is 0 Å². The molecule has 0 aromatic heterocycles. The number of hydrogen-bond donors (Lipinski definition) is 2. The average Bonchev–Trinajstić information content (AvgIpc) is 3.24. The molecule has 1 aliphatic carbocycles. The lowest BCUT2D eigenvalue weighted by molar-refractivity contribution is -0.136. The van der Waals surface area contributed by atoms with Crippen LogP contribution in [-0.2, 0) is 16.1 Å². The summed E-state index contributed by atoms with van der Waals surface area (Å²) >= 11 is 0. The zero-order chi connectivity index (χ0) is 21.8. The SMILES string of the molecule is NCC12CCCCC1CN(Cc1cccc3c1C(=O)N(C1CCC(=O)NC1=O)C3=O)C2. The standard InChI is InChI=1S/C23H28N4O4/c24-12-23-9-2-1-5-15(23)11-26(13-23)10-14-4-3-6-16-19(14)22(31)27(21(16)30)17-7-8-18(28)25-20(17)29/h3-4,6,15,17H,1-2,5,7-13,24H2,(H,25,28,29). The molecule has 3 aliphatic heterocycles. The molecular weight excluding hydrogens is 396 g/mol. The Balaban J connectivity index is 1.40. The Bertz CT molecular complexity index is 976. The molecule has 0 bridgehead atoms. The van der Waals surface area contributed by atoms with Crippen LogP contribution in [0.25, 0.3) is 0 Å². The Labute approximate surface area is 181 Å². The molecule has 0 spiro atoms. The molecule has 4 aliphatic rings. The van der Waals surface area contributed by atoms with Crippen molar-refractivity contribution in [2.24, 2.45) is 17.1 Å². The zero-order valence-electron chi connectivity index (χ0n) is 17.6. The van der Waals surface area contributed by atoms with Crippen LogP contribution in [0.2, 0.25) is 0 Å². The molecule has 3 unspecified atom stereocenters. The Morgan fingerprint density at radius 2 is 1.94 bits per heavy atom. The van der Waals surface area contributed by atoms with Gasteiger partial charge in [0, 0.05) is 26.1 Å². The highest BCUT2D eigenvalue weighted by atomic mass is 16.2. The van der Waals surface area contributed by atoms with Crippen molar-refractivity contribution < 1.29 is 19.2 Å². The van der Waals surface area contributed by atoms with E-state index < -0.39 is 23.8 Å². The maximum absolute atomic E-state index is 13.3. The molecule has 1 aromatic carbocycles. The van der Waals surface area contributed by atoms with Gasteiger partial charge in [-0.25, -0.2) is 0 Å². The van der Waals surface area contributed by atoms with Crippen molar-refractivity contribution in [1.29, 1.82) is 0 Å². The van der Waals surface area contributed by atoms with Crippen molar-refractivity contribution in [2.45, 2.75) is 51.1 Å². The first-order chi connectivity index (χ1) is 14.9. The number of nitrogens with one attached hydrogen (secondary N) is 1. The number of hydrogen-bond acceptors (Lipinski definition) is 6. The Hall–Kier alpha value is -2.58. The third-order valence-corrected chi connectivity index (χ3v) is 7.72. The smallest absolute Gasteiger partial charge is 0.262 e. The molecule has 1 aromatic rings. The van der Waals surface area contributed by atoms with Crippen molar-refractivity contribution in [3.8, 4) is 0 Å². The highest BCUT2D eigenvalue weighted by Crippen LogP contribution is 2.46. The van der Waals surface area contributed by atoms with Crippen LogP contribution in [0.1, 0.15) is 64.8 Å². The molecule has 8 nitrogen and oxygen atoms in total. The van der Waals surface area contributed by atoms with Gasteiger partial charge in [-0.05, 0) is 48.8 Å². The molecular formula is C23H28N4O4. The Kier molecular flexibility index (Phi) is 4.94. The van der Waals surface area contributed by atoms with E-state index >= 15 is 0 Å². The fourth-order valence-electron chi connectivity index (χ4n) is 6.10. The topological polar surface area (TPSA) is 113 Å². The van der Waals surface area contributed by atoms with Crippen molar-refractivity contribution in [3.63, 3.8) is 0 Å². The van der Waals surface area contributed by atoms with Gasteiger partial charge in [0.05, 0.1) is 11.1 Å². The van der Waals surface area contributed by atoms with Gasteiger partial charge in [-0.15, -0.1) is 0 Å². The summed E-state index contributed by atoms with van der Waals surface area (Å²) < 4.78 is 0. The van der Waals surface area contributed by atoms with Gasteiger partial charge in [0.15, 0.2) is 0 Å². The normalized spacial score (nSPS) is 31.1. The molecule has 3 atom stereocenters. The molecule has 2 saturated heterocycles. The zero-order valence-corrected chi connectivity index (χ0v) is 17.6. The van der Waals surface area contributed by atoms with Crippen LogP contribution < -0.4 is 11.1 Å². The quantitative estimate of drug-likeness (QED) is 0.699. The van der Waals surface area contributed by atoms with Crippen molar-refractivity contribution in [1.82, 2.24) is 15.1 Å². The lowest BCUT2D eigenvalue weighted by Gasteiger charge is -2.37. The van der Waals surface area contributed by atoms with Gasteiger partial charge < -0.3 is 5.73 Å². The average molecular weight is 425 g/mol. The Morgan fingerprint density at radius 1 is 1.10 bits per heavy atom. The third-order valence-electron chi connectivity index (χ3n) is 7.72. The van der Waals surface area contributed by atoms with Crippen molar-refractivity contribution >= 4 is 23.6 Å². The minimum absolute atomic E-state index is 0.118. The van der Waals surface area contributed by atoms with E-state index in [1.54, 1.807) is 12.1 Å². The van der Waals surface area contributed by atoms with Crippen LogP contribution in [0.15, 0.2) is 18.2 Å². The number of piperidine rings is 1. The molecule has 4 amide bonds. The number of carbonyl (C=O) groups excluding carboxylic acids is 4. The van der Waals surface area contributed by atoms with E-state index in [1.807, 2.05) is 6.07 Å². The number of likely N-dealkylation sites (tertiary alicyclic amines) is 1. The van der Waals surface area contributed by atoms with Crippen molar-refractivity contribution in [3.05, 3.63) is 34.9 Å². The van der Waals surface area contributed by atoms with Crippen LogP contribution in [0.5, 0.6) is 0 Å². The number of imide groups is 2.